The van der Waals surface area contributed by atoms with Gasteiger partial charge in [0.1, 0.15) is 5.75 Å². The Bertz CT molecular complexity index is 365. The first kappa shape index (κ1) is 12.5. The first-order valence-corrected chi connectivity index (χ1v) is 5.25. The molecule has 1 aromatic carbocycles. The molecular weight excluding hydrogens is 206 g/mol. The molecule has 0 aliphatic heterocycles. The van der Waals surface area contributed by atoms with E-state index in [0.717, 1.165) is 0 Å². The van der Waals surface area contributed by atoms with Crippen LogP contribution in [0.4, 0.5) is 0 Å². The van der Waals surface area contributed by atoms with Crippen molar-refractivity contribution in [3.05, 3.63) is 29.8 Å². The van der Waals surface area contributed by atoms with E-state index in [4.69, 9.17) is 5.11 Å². The number of rotatable bonds is 4. The Morgan fingerprint density at radius 1 is 1.44 bits per heavy atom. The van der Waals surface area contributed by atoms with Crippen molar-refractivity contribution in [1.29, 1.82) is 0 Å². The Morgan fingerprint density at radius 2 is 2.12 bits per heavy atom. The molecule has 0 aromatic heterocycles. The van der Waals surface area contributed by atoms with Crippen LogP contribution in [-0.4, -0.2) is 28.8 Å². The summed E-state index contributed by atoms with van der Waals surface area (Å²) < 4.78 is 0. The van der Waals surface area contributed by atoms with Gasteiger partial charge < -0.3 is 15.5 Å². The van der Waals surface area contributed by atoms with Crippen molar-refractivity contribution in [2.75, 3.05) is 6.61 Å². The molecule has 2 unspecified atom stereocenters. The van der Waals surface area contributed by atoms with E-state index in [2.05, 4.69) is 5.32 Å². The van der Waals surface area contributed by atoms with Crippen LogP contribution in [0.15, 0.2) is 24.3 Å². The predicted molar refractivity (Wildman–Crippen MR) is 61.3 cm³/mol. The standard InChI is InChI=1S/C12H17NO3/c1-8(7-14)9(2)13-12(16)10-4-3-5-11(15)6-10/h3-6,8-9,14-15H,7H2,1-2H3,(H,13,16). The van der Waals surface area contributed by atoms with Crippen LogP contribution in [0, 0.1) is 5.92 Å². The molecule has 3 N–H and O–H groups in total. The van der Waals surface area contributed by atoms with Gasteiger partial charge in [-0.3, -0.25) is 4.79 Å². The van der Waals surface area contributed by atoms with E-state index in [0.29, 0.717) is 5.56 Å². The second-order valence-corrected chi connectivity index (χ2v) is 3.97. The largest absolute Gasteiger partial charge is 0.508 e. The van der Waals surface area contributed by atoms with Gasteiger partial charge in [-0.2, -0.15) is 0 Å². The van der Waals surface area contributed by atoms with Crippen LogP contribution < -0.4 is 5.32 Å². The number of phenols is 1. The highest BCUT2D eigenvalue weighted by Crippen LogP contribution is 2.11. The lowest BCUT2D eigenvalue weighted by molar-refractivity contribution is 0.0916. The summed E-state index contributed by atoms with van der Waals surface area (Å²) in [5, 5.41) is 20.9. The molecular formula is C12H17NO3. The molecule has 16 heavy (non-hydrogen) atoms. The number of aromatic hydroxyl groups is 1. The van der Waals surface area contributed by atoms with Crippen LogP contribution in [0.3, 0.4) is 0 Å². The maximum absolute atomic E-state index is 11.7. The molecule has 0 fully saturated rings. The third-order valence-electron chi connectivity index (χ3n) is 2.61. The number of benzene rings is 1. The topological polar surface area (TPSA) is 69.6 Å². The Kier molecular flexibility index (Phi) is 4.31. The number of aliphatic hydroxyl groups excluding tert-OH is 1. The molecule has 0 aliphatic rings. The van der Waals surface area contributed by atoms with E-state index in [1.165, 1.54) is 12.1 Å². The number of aliphatic hydroxyl groups is 1. The lowest BCUT2D eigenvalue weighted by Crippen LogP contribution is -2.38. The average Bonchev–Trinajstić information content (AvgIpc) is 2.27. The Balaban J connectivity index is 2.66. The van der Waals surface area contributed by atoms with Gasteiger partial charge in [0.05, 0.1) is 0 Å². The van der Waals surface area contributed by atoms with Crippen LogP contribution in [0.1, 0.15) is 24.2 Å². The molecule has 0 bridgehead atoms. The zero-order valence-electron chi connectivity index (χ0n) is 9.47. The van der Waals surface area contributed by atoms with Crippen LogP contribution >= 0.6 is 0 Å². The molecule has 1 aromatic rings. The van der Waals surface area contributed by atoms with Gasteiger partial charge in [0.2, 0.25) is 0 Å². The normalized spacial score (nSPS) is 14.2. The second kappa shape index (κ2) is 5.51. The summed E-state index contributed by atoms with van der Waals surface area (Å²) in [5.74, 6) is -0.180. The van der Waals surface area contributed by atoms with E-state index in [1.54, 1.807) is 12.1 Å². The van der Waals surface area contributed by atoms with Gasteiger partial charge in [0.25, 0.3) is 5.91 Å². The van der Waals surface area contributed by atoms with Crippen molar-refractivity contribution >= 4 is 5.91 Å². The fourth-order valence-corrected chi connectivity index (χ4v) is 1.24. The van der Waals surface area contributed by atoms with E-state index in [9.17, 15) is 9.90 Å². The van der Waals surface area contributed by atoms with Crippen molar-refractivity contribution in [2.24, 2.45) is 5.92 Å². The second-order valence-electron chi connectivity index (χ2n) is 3.97. The highest BCUT2D eigenvalue weighted by Gasteiger charge is 2.15. The monoisotopic (exact) mass is 223 g/mol. The third kappa shape index (κ3) is 3.24. The van der Waals surface area contributed by atoms with E-state index >= 15 is 0 Å². The van der Waals surface area contributed by atoms with Crippen LogP contribution in [0.25, 0.3) is 0 Å². The zero-order valence-corrected chi connectivity index (χ0v) is 9.47. The maximum atomic E-state index is 11.7. The van der Waals surface area contributed by atoms with Crippen molar-refractivity contribution < 1.29 is 15.0 Å². The Morgan fingerprint density at radius 3 is 2.69 bits per heavy atom. The summed E-state index contributed by atoms with van der Waals surface area (Å²) in [4.78, 5) is 11.7. The Labute approximate surface area is 94.9 Å². The fraction of sp³-hybridized carbons (Fsp3) is 0.417. The number of hydrogen-bond donors (Lipinski definition) is 3. The highest BCUT2D eigenvalue weighted by molar-refractivity contribution is 5.94. The smallest absolute Gasteiger partial charge is 0.251 e. The van der Waals surface area contributed by atoms with E-state index in [-0.39, 0.29) is 30.2 Å². The Hall–Kier alpha value is -1.55. The van der Waals surface area contributed by atoms with Gasteiger partial charge >= 0.3 is 0 Å². The molecule has 0 saturated heterocycles. The van der Waals surface area contributed by atoms with Gasteiger partial charge in [0.15, 0.2) is 0 Å². The van der Waals surface area contributed by atoms with Crippen LogP contribution in [-0.2, 0) is 0 Å². The first-order valence-electron chi connectivity index (χ1n) is 5.25. The van der Waals surface area contributed by atoms with Crippen LogP contribution in [0.5, 0.6) is 5.75 Å². The van der Waals surface area contributed by atoms with Gasteiger partial charge in [-0.15, -0.1) is 0 Å². The summed E-state index contributed by atoms with van der Waals surface area (Å²) in [6.45, 7) is 3.72. The van der Waals surface area contributed by atoms with Crippen molar-refractivity contribution in [3.8, 4) is 5.75 Å². The summed E-state index contributed by atoms with van der Waals surface area (Å²) in [6.07, 6.45) is 0. The molecule has 4 heteroatoms. The molecule has 0 spiro atoms. The quantitative estimate of drug-likeness (QED) is 0.717. The third-order valence-corrected chi connectivity index (χ3v) is 2.61. The van der Waals surface area contributed by atoms with Gasteiger partial charge in [0, 0.05) is 18.2 Å². The number of carbonyl (C=O) groups is 1. The van der Waals surface area contributed by atoms with Gasteiger partial charge in [-0.05, 0) is 31.0 Å². The molecule has 4 nitrogen and oxygen atoms in total. The zero-order chi connectivity index (χ0) is 12.1. The molecule has 1 rings (SSSR count). The van der Waals surface area contributed by atoms with Gasteiger partial charge in [-0.1, -0.05) is 13.0 Å². The van der Waals surface area contributed by atoms with E-state index < -0.39 is 0 Å². The summed E-state index contributed by atoms with van der Waals surface area (Å²) in [7, 11) is 0. The lowest BCUT2D eigenvalue weighted by Gasteiger charge is -2.19. The highest BCUT2D eigenvalue weighted by atomic mass is 16.3. The minimum Gasteiger partial charge on any atom is -0.508 e. The number of nitrogens with one attached hydrogen (secondary N) is 1. The van der Waals surface area contributed by atoms with Crippen molar-refractivity contribution in [2.45, 2.75) is 19.9 Å². The summed E-state index contributed by atoms with van der Waals surface area (Å²) >= 11 is 0. The first-order chi connectivity index (χ1) is 7.54. The lowest BCUT2D eigenvalue weighted by atomic mass is 10.0. The number of carbonyl (C=O) groups excluding carboxylic acids is 1. The fourth-order valence-electron chi connectivity index (χ4n) is 1.24. The maximum Gasteiger partial charge on any atom is 0.251 e. The number of phenolic OH excluding ortho intramolecular Hbond substituents is 1. The molecule has 0 saturated carbocycles. The minimum atomic E-state index is -0.247. The molecule has 0 radical (unpaired) electrons. The van der Waals surface area contributed by atoms with Crippen LogP contribution in [0.2, 0.25) is 0 Å². The molecule has 0 heterocycles. The molecule has 2 atom stereocenters. The van der Waals surface area contributed by atoms with Crippen molar-refractivity contribution in [3.63, 3.8) is 0 Å². The predicted octanol–water partition coefficient (Wildman–Crippen LogP) is 1.14. The minimum absolute atomic E-state index is 0.00117. The molecule has 1 amide bonds. The summed E-state index contributed by atoms with van der Waals surface area (Å²) in [5.41, 5.74) is 0.414. The number of amides is 1. The van der Waals surface area contributed by atoms with Crippen molar-refractivity contribution in [1.82, 2.24) is 5.32 Å². The summed E-state index contributed by atoms with van der Waals surface area (Å²) in [6, 6.07) is 6.05. The van der Waals surface area contributed by atoms with E-state index in [1.807, 2.05) is 13.8 Å². The molecule has 88 valence electrons. The molecule has 0 aliphatic carbocycles. The average molecular weight is 223 g/mol. The number of hydrogen-bond acceptors (Lipinski definition) is 3. The van der Waals surface area contributed by atoms with Gasteiger partial charge in [-0.25, -0.2) is 0 Å². The SMILES string of the molecule is CC(CO)C(C)NC(=O)c1cccc(O)c1.